The Bertz CT molecular complexity index is 922. The molecule has 1 aromatic heterocycles. The van der Waals surface area contributed by atoms with Crippen molar-refractivity contribution in [2.24, 2.45) is 16.6 Å². The first-order chi connectivity index (χ1) is 12.6. The average molecular weight is 381 g/mol. The van der Waals surface area contributed by atoms with Crippen LogP contribution in [0.1, 0.15) is 22.3 Å². The van der Waals surface area contributed by atoms with Gasteiger partial charge < -0.3 is 11.5 Å². The Balaban J connectivity index is 2.31. The Morgan fingerprint density at radius 1 is 1.26 bits per heavy atom. The first kappa shape index (κ1) is 19.9. The molecule has 6 nitrogen and oxygen atoms in total. The van der Waals surface area contributed by atoms with Gasteiger partial charge in [-0.1, -0.05) is 0 Å². The number of hydrogen-bond acceptors (Lipinski definition) is 4. The molecule has 0 saturated heterocycles. The lowest BCUT2D eigenvalue weighted by Crippen LogP contribution is -2.20. The number of amides is 1. The van der Waals surface area contributed by atoms with E-state index in [4.69, 9.17) is 11.5 Å². The zero-order valence-electron chi connectivity index (χ0n) is 14.0. The topological polar surface area (TPSA) is 106 Å². The Kier molecular flexibility index (Phi) is 5.78. The number of rotatable bonds is 5. The summed E-state index contributed by atoms with van der Waals surface area (Å²) in [6.45, 7) is 1.48. The number of benzene rings is 1. The van der Waals surface area contributed by atoms with E-state index in [0.717, 1.165) is 24.5 Å². The van der Waals surface area contributed by atoms with E-state index in [1.807, 2.05) is 0 Å². The predicted molar refractivity (Wildman–Crippen MR) is 91.4 cm³/mol. The molecule has 1 heterocycles. The third-order valence-electron chi connectivity index (χ3n) is 3.42. The van der Waals surface area contributed by atoms with Crippen molar-refractivity contribution in [3.8, 4) is 0 Å². The van der Waals surface area contributed by atoms with Crippen molar-refractivity contribution in [2.75, 3.05) is 0 Å². The molecule has 0 aliphatic rings. The minimum absolute atomic E-state index is 0.0268. The fourth-order valence-electron chi connectivity index (χ4n) is 2.20. The number of nitrogens with two attached hydrogens (primary N) is 2. The van der Waals surface area contributed by atoms with Crippen molar-refractivity contribution >= 4 is 17.3 Å². The summed E-state index contributed by atoms with van der Waals surface area (Å²) in [6.07, 6.45) is -1.38. The van der Waals surface area contributed by atoms with Crippen LogP contribution >= 0.6 is 0 Å². The van der Waals surface area contributed by atoms with Crippen LogP contribution in [0.2, 0.25) is 0 Å². The highest BCUT2D eigenvalue weighted by Gasteiger charge is 2.31. The normalized spacial score (nSPS) is 12.8. The maximum atomic E-state index is 13.7. The Morgan fingerprint density at radius 2 is 1.96 bits per heavy atom. The molecule has 0 unspecified atom stereocenters. The summed E-state index contributed by atoms with van der Waals surface area (Å²) in [4.78, 5) is 15.1. The van der Waals surface area contributed by atoms with Crippen molar-refractivity contribution in [3.05, 3.63) is 70.9 Å². The number of hydrazone groups is 1. The van der Waals surface area contributed by atoms with Crippen molar-refractivity contribution in [1.29, 1.82) is 0 Å². The highest BCUT2D eigenvalue weighted by molar-refractivity contribution is 6.18. The average Bonchev–Trinajstić information content (AvgIpc) is 2.58. The van der Waals surface area contributed by atoms with Gasteiger partial charge in [-0.05, 0) is 36.8 Å². The molecule has 2 aromatic rings. The van der Waals surface area contributed by atoms with Crippen LogP contribution in [0.15, 0.2) is 48.0 Å². The highest BCUT2D eigenvalue weighted by atomic mass is 19.4. The summed E-state index contributed by atoms with van der Waals surface area (Å²) in [7, 11) is 0. The van der Waals surface area contributed by atoms with Gasteiger partial charge in [0.25, 0.3) is 5.91 Å². The van der Waals surface area contributed by atoms with Crippen LogP contribution < -0.4 is 16.9 Å². The predicted octanol–water partition coefficient (Wildman–Crippen LogP) is 2.28. The molecule has 1 amide bonds. The van der Waals surface area contributed by atoms with Gasteiger partial charge in [-0.2, -0.15) is 18.3 Å². The number of hydrogen-bond donors (Lipinski definition) is 3. The van der Waals surface area contributed by atoms with Crippen LogP contribution in [0.25, 0.3) is 5.57 Å². The van der Waals surface area contributed by atoms with Crippen LogP contribution in [-0.2, 0) is 11.0 Å². The smallest absolute Gasteiger partial charge is 0.382 e. The molecule has 0 spiro atoms. The molecule has 0 aliphatic heterocycles. The molecule has 0 fully saturated rings. The third kappa shape index (κ3) is 5.03. The molecule has 5 N–H and O–H groups in total. The van der Waals surface area contributed by atoms with Gasteiger partial charge in [-0.15, -0.1) is 0 Å². The molecule has 0 atom stereocenters. The van der Waals surface area contributed by atoms with Crippen molar-refractivity contribution in [2.45, 2.75) is 13.1 Å². The molecule has 0 aliphatic carbocycles. The van der Waals surface area contributed by atoms with E-state index < -0.39 is 23.5 Å². The van der Waals surface area contributed by atoms with Crippen LogP contribution in [0.3, 0.4) is 0 Å². The second-order valence-corrected chi connectivity index (χ2v) is 5.49. The highest BCUT2D eigenvalue weighted by Crippen LogP contribution is 2.30. The largest absolute Gasteiger partial charge is 0.416 e. The Labute approximate surface area is 151 Å². The molecule has 10 heteroatoms. The summed E-state index contributed by atoms with van der Waals surface area (Å²) >= 11 is 0. The third-order valence-corrected chi connectivity index (χ3v) is 3.42. The van der Waals surface area contributed by atoms with E-state index in [-0.39, 0.29) is 22.5 Å². The monoisotopic (exact) mass is 381 g/mol. The van der Waals surface area contributed by atoms with Gasteiger partial charge in [-0.25, -0.2) is 4.39 Å². The van der Waals surface area contributed by atoms with Crippen LogP contribution in [0.4, 0.5) is 17.6 Å². The number of aromatic nitrogens is 1. The number of pyridine rings is 1. The molecule has 2 rings (SSSR count). The van der Waals surface area contributed by atoms with Gasteiger partial charge in [0.15, 0.2) is 5.84 Å². The number of nitrogens with zero attached hydrogens (tertiary/aromatic N) is 2. The van der Waals surface area contributed by atoms with E-state index in [1.54, 1.807) is 0 Å². The van der Waals surface area contributed by atoms with Gasteiger partial charge in [0, 0.05) is 23.5 Å². The van der Waals surface area contributed by atoms with Crippen LogP contribution in [-0.4, -0.2) is 16.7 Å². The second kappa shape index (κ2) is 7.85. The van der Waals surface area contributed by atoms with E-state index in [9.17, 15) is 22.4 Å². The van der Waals surface area contributed by atoms with E-state index in [0.29, 0.717) is 5.56 Å². The number of carbonyl (C=O) groups excluding carboxylic acids is 1. The fraction of sp³-hybridized carbons (Fsp3) is 0.118. The second-order valence-electron chi connectivity index (χ2n) is 5.49. The van der Waals surface area contributed by atoms with Gasteiger partial charge in [0.2, 0.25) is 0 Å². The van der Waals surface area contributed by atoms with Gasteiger partial charge >= 0.3 is 6.18 Å². The van der Waals surface area contributed by atoms with Crippen molar-refractivity contribution in [3.63, 3.8) is 0 Å². The van der Waals surface area contributed by atoms with E-state index >= 15 is 0 Å². The van der Waals surface area contributed by atoms with Crippen molar-refractivity contribution < 1.29 is 22.4 Å². The molecular weight excluding hydrogens is 366 g/mol. The zero-order chi connectivity index (χ0) is 20.2. The number of primary amides is 1. The lowest BCUT2D eigenvalue weighted by molar-refractivity contribution is -0.137. The summed E-state index contributed by atoms with van der Waals surface area (Å²) < 4.78 is 52.4. The summed E-state index contributed by atoms with van der Waals surface area (Å²) in [5, 5.41) is 3.69. The molecule has 142 valence electrons. The molecule has 1 aromatic carbocycles. The maximum Gasteiger partial charge on any atom is 0.416 e. The maximum absolute atomic E-state index is 13.7. The SMILES string of the molecule is Cc1cc(/C(N)=N/N/C=C(/C(N)=O)c2ccncc2F)cc(C(F)(F)F)c1. The number of aryl methyl sites for hydroxylation is 1. The van der Waals surface area contributed by atoms with E-state index in [1.165, 1.54) is 25.3 Å². The van der Waals surface area contributed by atoms with Crippen LogP contribution in [0.5, 0.6) is 0 Å². The molecular formula is C17H15F4N5O. The number of halogens is 4. The molecule has 27 heavy (non-hydrogen) atoms. The lowest BCUT2D eigenvalue weighted by atomic mass is 10.1. The quantitative estimate of drug-likeness (QED) is 0.243. The van der Waals surface area contributed by atoms with Gasteiger partial charge in [0.1, 0.15) is 5.82 Å². The summed E-state index contributed by atoms with van der Waals surface area (Å²) in [5.74, 6) is -1.99. The van der Waals surface area contributed by atoms with E-state index in [2.05, 4.69) is 15.5 Å². The summed E-state index contributed by atoms with van der Waals surface area (Å²) in [5.41, 5.74) is 12.3. The minimum atomic E-state index is -4.54. The lowest BCUT2D eigenvalue weighted by Gasteiger charge is -2.10. The first-order valence-electron chi connectivity index (χ1n) is 7.47. The molecule has 0 radical (unpaired) electrons. The van der Waals surface area contributed by atoms with Gasteiger partial charge in [-0.3, -0.25) is 15.2 Å². The standard InChI is InChI=1S/C17H15F4N5O/c1-9-4-10(6-11(5-9)17(19,20)21)15(22)26-25-7-13(16(23)27)12-2-3-24-8-14(12)18/h2-8,25H,1H3,(H2,22,26)(H2,23,27)/b13-7+. The number of carbonyl (C=O) groups is 1. The Morgan fingerprint density at radius 3 is 2.56 bits per heavy atom. The number of nitrogens with one attached hydrogen (secondary N) is 1. The summed E-state index contributed by atoms with van der Waals surface area (Å²) in [6, 6.07) is 4.46. The van der Waals surface area contributed by atoms with Crippen LogP contribution in [0, 0.1) is 12.7 Å². The van der Waals surface area contributed by atoms with Gasteiger partial charge in [0.05, 0.1) is 17.3 Å². The number of alkyl halides is 3. The first-order valence-corrected chi connectivity index (χ1v) is 7.47. The molecule has 0 bridgehead atoms. The minimum Gasteiger partial charge on any atom is -0.382 e. The fourth-order valence-corrected chi connectivity index (χ4v) is 2.20. The van der Waals surface area contributed by atoms with Crippen molar-refractivity contribution in [1.82, 2.24) is 10.4 Å². The Hall–Kier alpha value is -3.43. The number of amidine groups is 1. The molecule has 0 saturated carbocycles. The zero-order valence-corrected chi connectivity index (χ0v) is 14.0.